The van der Waals surface area contributed by atoms with E-state index in [1.54, 1.807) is 0 Å². The van der Waals surface area contributed by atoms with Gasteiger partial charge in [0.05, 0.1) is 5.69 Å². The topological polar surface area (TPSA) is 30.3 Å². The molecular formula is C11H19N3O. The van der Waals surface area contributed by atoms with Crippen LogP contribution in [-0.4, -0.2) is 41.5 Å². The summed E-state index contributed by atoms with van der Waals surface area (Å²) in [6.45, 7) is 4.77. The molecule has 0 spiro atoms. The van der Waals surface area contributed by atoms with Crippen LogP contribution < -0.4 is 0 Å². The van der Waals surface area contributed by atoms with Crippen molar-refractivity contribution in [2.75, 3.05) is 26.8 Å². The third-order valence-corrected chi connectivity index (χ3v) is 2.72. The maximum atomic E-state index is 5.54. The molecule has 4 nitrogen and oxygen atoms in total. The number of aromatic nitrogens is 2. The maximum absolute atomic E-state index is 5.54. The highest BCUT2D eigenvalue weighted by atomic mass is 16.5. The SMILES string of the molecule is CN1CCCOCCCn2nccc2C1. The highest BCUT2D eigenvalue weighted by Crippen LogP contribution is 2.06. The fourth-order valence-corrected chi connectivity index (χ4v) is 1.91. The summed E-state index contributed by atoms with van der Waals surface area (Å²) in [6, 6.07) is 2.11. The Morgan fingerprint density at radius 2 is 2.07 bits per heavy atom. The predicted octanol–water partition coefficient (Wildman–Crippen LogP) is 1.13. The lowest BCUT2D eigenvalue weighted by Crippen LogP contribution is -2.21. The summed E-state index contributed by atoms with van der Waals surface area (Å²) in [5.74, 6) is 0. The normalized spacial score (nSPS) is 20.6. The van der Waals surface area contributed by atoms with Gasteiger partial charge in [-0.25, -0.2) is 0 Å². The van der Waals surface area contributed by atoms with Crippen molar-refractivity contribution in [3.63, 3.8) is 0 Å². The minimum atomic E-state index is 0.850. The van der Waals surface area contributed by atoms with Crippen LogP contribution in [0, 0.1) is 0 Å². The number of rotatable bonds is 0. The molecule has 0 unspecified atom stereocenters. The number of ether oxygens (including phenoxy) is 1. The molecule has 1 aliphatic heterocycles. The van der Waals surface area contributed by atoms with Crippen LogP contribution in [0.4, 0.5) is 0 Å². The van der Waals surface area contributed by atoms with Gasteiger partial charge in [0.1, 0.15) is 0 Å². The number of fused-ring (bicyclic) bond motifs is 1. The van der Waals surface area contributed by atoms with Gasteiger partial charge in [-0.2, -0.15) is 5.10 Å². The summed E-state index contributed by atoms with van der Waals surface area (Å²) in [5, 5.41) is 4.33. The van der Waals surface area contributed by atoms with Crippen LogP contribution in [-0.2, 0) is 17.8 Å². The Bertz CT molecular complexity index is 298. The fraction of sp³-hybridized carbons (Fsp3) is 0.727. The largest absolute Gasteiger partial charge is 0.381 e. The van der Waals surface area contributed by atoms with Crippen LogP contribution in [0.2, 0.25) is 0 Å². The Kier molecular flexibility index (Phi) is 3.75. The van der Waals surface area contributed by atoms with Crippen molar-refractivity contribution in [1.29, 1.82) is 0 Å². The zero-order valence-electron chi connectivity index (χ0n) is 9.35. The molecule has 1 aromatic rings. The molecule has 4 heteroatoms. The first kappa shape index (κ1) is 10.6. The van der Waals surface area contributed by atoms with Crippen LogP contribution >= 0.6 is 0 Å². The Morgan fingerprint density at radius 1 is 1.27 bits per heavy atom. The van der Waals surface area contributed by atoms with Gasteiger partial charge in [-0.3, -0.25) is 4.68 Å². The zero-order chi connectivity index (χ0) is 10.5. The molecule has 84 valence electrons. The standard InChI is InChI=1S/C11H19N3O/c1-13-6-2-8-15-9-3-7-14-11(10-13)4-5-12-14/h4-5H,2-3,6-10H2,1H3. The van der Waals surface area contributed by atoms with Gasteiger partial charge in [0, 0.05) is 39.0 Å². The van der Waals surface area contributed by atoms with Crippen molar-refractivity contribution in [2.24, 2.45) is 0 Å². The van der Waals surface area contributed by atoms with Crippen LogP contribution in [0.15, 0.2) is 12.3 Å². The van der Waals surface area contributed by atoms with Gasteiger partial charge in [-0.05, 0) is 26.0 Å². The van der Waals surface area contributed by atoms with E-state index in [0.29, 0.717) is 0 Å². The molecule has 2 heterocycles. The first-order valence-electron chi connectivity index (χ1n) is 5.63. The molecule has 0 radical (unpaired) electrons. The van der Waals surface area contributed by atoms with Crippen LogP contribution in [0.25, 0.3) is 0 Å². The zero-order valence-corrected chi connectivity index (χ0v) is 9.35. The molecule has 0 atom stereocenters. The lowest BCUT2D eigenvalue weighted by atomic mass is 10.3. The van der Waals surface area contributed by atoms with E-state index in [4.69, 9.17) is 4.74 Å². The first-order valence-corrected chi connectivity index (χ1v) is 5.63. The molecule has 0 aliphatic carbocycles. The van der Waals surface area contributed by atoms with Crippen molar-refractivity contribution in [2.45, 2.75) is 25.9 Å². The summed E-state index contributed by atoms with van der Waals surface area (Å²) in [5.41, 5.74) is 1.31. The Labute approximate surface area is 90.8 Å². The van der Waals surface area contributed by atoms with Gasteiger partial charge in [0.25, 0.3) is 0 Å². The van der Waals surface area contributed by atoms with E-state index in [2.05, 4.69) is 27.8 Å². The van der Waals surface area contributed by atoms with Crippen LogP contribution in [0.3, 0.4) is 0 Å². The van der Waals surface area contributed by atoms with E-state index in [1.165, 1.54) is 5.69 Å². The molecule has 0 fully saturated rings. The number of aryl methyl sites for hydroxylation is 1. The van der Waals surface area contributed by atoms with Crippen molar-refractivity contribution >= 4 is 0 Å². The van der Waals surface area contributed by atoms with E-state index >= 15 is 0 Å². The molecule has 1 aromatic heterocycles. The Balaban J connectivity index is 2.04. The third kappa shape index (κ3) is 3.04. The quantitative estimate of drug-likeness (QED) is 0.641. The molecule has 15 heavy (non-hydrogen) atoms. The molecule has 2 rings (SSSR count). The van der Waals surface area contributed by atoms with Crippen molar-refractivity contribution in [1.82, 2.24) is 14.7 Å². The van der Waals surface area contributed by atoms with Crippen molar-refractivity contribution < 1.29 is 4.74 Å². The Hall–Kier alpha value is -0.870. The third-order valence-electron chi connectivity index (χ3n) is 2.72. The lowest BCUT2D eigenvalue weighted by molar-refractivity contribution is 0.120. The first-order chi connectivity index (χ1) is 7.36. The number of nitrogens with zero attached hydrogens (tertiary/aromatic N) is 3. The molecule has 0 bridgehead atoms. The van der Waals surface area contributed by atoms with Gasteiger partial charge >= 0.3 is 0 Å². The molecule has 0 saturated heterocycles. The fourth-order valence-electron chi connectivity index (χ4n) is 1.91. The van der Waals surface area contributed by atoms with E-state index in [0.717, 1.165) is 45.7 Å². The van der Waals surface area contributed by atoms with Crippen molar-refractivity contribution in [3.8, 4) is 0 Å². The highest BCUT2D eigenvalue weighted by Gasteiger charge is 2.07. The van der Waals surface area contributed by atoms with Gasteiger partial charge in [-0.1, -0.05) is 0 Å². The highest BCUT2D eigenvalue weighted by molar-refractivity contribution is 5.00. The van der Waals surface area contributed by atoms with Crippen molar-refractivity contribution in [3.05, 3.63) is 18.0 Å². The second-order valence-electron chi connectivity index (χ2n) is 4.10. The van der Waals surface area contributed by atoms with E-state index in [1.807, 2.05) is 6.20 Å². The number of hydrogen-bond donors (Lipinski definition) is 0. The summed E-state index contributed by atoms with van der Waals surface area (Å²) in [4.78, 5) is 2.32. The van der Waals surface area contributed by atoms with E-state index < -0.39 is 0 Å². The van der Waals surface area contributed by atoms with Gasteiger partial charge < -0.3 is 9.64 Å². The van der Waals surface area contributed by atoms with E-state index in [-0.39, 0.29) is 0 Å². The Morgan fingerprint density at radius 3 is 2.93 bits per heavy atom. The van der Waals surface area contributed by atoms with Gasteiger partial charge in [0.2, 0.25) is 0 Å². The molecular weight excluding hydrogens is 190 g/mol. The minimum absolute atomic E-state index is 0.850. The molecule has 0 N–H and O–H groups in total. The number of hydrogen-bond acceptors (Lipinski definition) is 3. The summed E-state index contributed by atoms with van der Waals surface area (Å²) >= 11 is 0. The second kappa shape index (κ2) is 5.28. The monoisotopic (exact) mass is 209 g/mol. The molecule has 0 aromatic carbocycles. The average molecular weight is 209 g/mol. The summed E-state index contributed by atoms with van der Waals surface area (Å²) < 4.78 is 7.63. The van der Waals surface area contributed by atoms with Crippen LogP contribution in [0.1, 0.15) is 18.5 Å². The van der Waals surface area contributed by atoms with Gasteiger partial charge in [0.15, 0.2) is 0 Å². The molecule has 0 saturated carbocycles. The van der Waals surface area contributed by atoms with Crippen LogP contribution in [0.5, 0.6) is 0 Å². The summed E-state index contributed by atoms with van der Waals surface area (Å²) in [6.07, 6.45) is 4.05. The summed E-state index contributed by atoms with van der Waals surface area (Å²) in [7, 11) is 2.15. The second-order valence-corrected chi connectivity index (χ2v) is 4.10. The maximum Gasteiger partial charge on any atom is 0.0524 e. The average Bonchev–Trinajstić information content (AvgIpc) is 2.62. The lowest BCUT2D eigenvalue weighted by Gasteiger charge is -2.16. The van der Waals surface area contributed by atoms with E-state index in [9.17, 15) is 0 Å². The minimum Gasteiger partial charge on any atom is -0.381 e. The molecule has 1 aliphatic rings. The van der Waals surface area contributed by atoms with Gasteiger partial charge in [-0.15, -0.1) is 0 Å². The predicted molar refractivity (Wildman–Crippen MR) is 58.6 cm³/mol. The molecule has 0 amide bonds. The smallest absolute Gasteiger partial charge is 0.0524 e.